The van der Waals surface area contributed by atoms with Gasteiger partial charge in [-0.2, -0.15) is 5.26 Å². The molecule has 3 atom stereocenters. The van der Waals surface area contributed by atoms with Gasteiger partial charge in [-0.05, 0) is 74.6 Å². The van der Waals surface area contributed by atoms with Gasteiger partial charge in [-0.3, -0.25) is 9.58 Å². The Balaban J connectivity index is 1.12. The summed E-state index contributed by atoms with van der Waals surface area (Å²) in [6, 6.07) is 8.40. The zero-order valence-electron chi connectivity index (χ0n) is 27.6. The number of hydrogen-bond acceptors (Lipinski definition) is 13. The highest BCUT2D eigenvalue weighted by Crippen LogP contribution is 2.35. The highest BCUT2D eigenvalue weighted by Gasteiger charge is 2.32. The van der Waals surface area contributed by atoms with E-state index >= 15 is 0 Å². The van der Waals surface area contributed by atoms with Crippen LogP contribution < -0.4 is 14.8 Å². The summed E-state index contributed by atoms with van der Waals surface area (Å²) in [7, 11) is 0. The molecule has 6 rings (SSSR count). The third-order valence-electron chi connectivity index (χ3n) is 8.74. The first-order valence-electron chi connectivity index (χ1n) is 16.6. The summed E-state index contributed by atoms with van der Waals surface area (Å²) in [5.41, 5.74) is 2.66. The standard InChI is InChI=1S/C33H43N11O4/c1-22-17-42(18-23(2)47-22)28-7-9-29(10-8-28)44-20-30(32(39-44)46-12-4-11-45)38-33-35-15-27(16-36-33)25-5-6-26(14-34)31(13-25)48-24(3)19-43-21-37-40-41-43/h5-6,13,15-16,20-24,28-29,45H,4,7-12,17-19H2,1-3H3,(H,35,36,38)/t22-,23+,24-,28?,29?/m0/s1. The SMILES string of the molecule is C[C@@H]1CN(C2CCC(n3cc(Nc4ncc(-c5ccc(C#N)c(O[C@@H](C)Cn6cnnn6)c5)cn4)c(OCCCO)n3)CC2)C[C@H](C)O1. The topological polar surface area (TPSA) is 174 Å². The summed E-state index contributed by atoms with van der Waals surface area (Å²) < 4.78 is 21.6. The minimum atomic E-state index is -0.277. The van der Waals surface area contributed by atoms with E-state index in [9.17, 15) is 10.4 Å². The van der Waals surface area contributed by atoms with Crippen molar-refractivity contribution >= 4 is 11.6 Å². The predicted octanol–water partition coefficient (Wildman–Crippen LogP) is 3.76. The molecular weight excluding hydrogens is 614 g/mol. The van der Waals surface area contributed by atoms with E-state index in [1.165, 1.54) is 6.33 Å². The number of tetrazole rings is 1. The summed E-state index contributed by atoms with van der Waals surface area (Å²) in [5, 5.41) is 38.2. The van der Waals surface area contributed by atoms with Gasteiger partial charge >= 0.3 is 0 Å². The van der Waals surface area contributed by atoms with Gasteiger partial charge in [0.05, 0.1) is 43.2 Å². The molecule has 1 aliphatic heterocycles. The van der Waals surface area contributed by atoms with E-state index in [1.54, 1.807) is 23.1 Å². The minimum Gasteiger partial charge on any atom is -0.487 e. The van der Waals surface area contributed by atoms with Gasteiger partial charge in [0.25, 0.3) is 5.88 Å². The monoisotopic (exact) mass is 657 g/mol. The molecule has 0 bridgehead atoms. The van der Waals surface area contributed by atoms with Crippen molar-refractivity contribution in [1.82, 2.24) is 44.9 Å². The van der Waals surface area contributed by atoms with Crippen LogP contribution in [0.5, 0.6) is 11.6 Å². The van der Waals surface area contributed by atoms with Gasteiger partial charge in [-0.1, -0.05) is 6.07 Å². The van der Waals surface area contributed by atoms with Crippen LogP contribution in [0, 0.1) is 11.3 Å². The third kappa shape index (κ3) is 8.25. The number of aliphatic hydroxyl groups excluding tert-OH is 1. The third-order valence-corrected chi connectivity index (χ3v) is 8.74. The molecule has 48 heavy (non-hydrogen) atoms. The fraction of sp³-hybridized carbons (Fsp3) is 0.545. The first kappa shape index (κ1) is 33.3. The van der Waals surface area contributed by atoms with Crippen LogP contribution >= 0.6 is 0 Å². The number of aromatic nitrogens is 8. The van der Waals surface area contributed by atoms with Crippen molar-refractivity contribution in [2.45, 2.75) is 89.8 Å². The Morgan fingerprint density at radius 3 is 2.52 bits per heavy atom. The summed E-state index contributed by atoms with van der Waals surface area (Å²) in [6.07, 6.45) is 12.0. The lowest BCUT2D eigenvalue weighted by Gasteiger charge is -2.42. The number of anilines is 2. The van der Waals surface area contributed by atoms with Crippen molar-refractivity contribution in [3.05, 3.63) is 48.7 Å². The average molecular weight is 658 g/mol. The maximum Gasteiger partial charge on any atom is 0.256 e. The van der Waals surface area contributed by atoms with Crippen LogP contribution in [0.25, 0.3) is 11.1 Å². The van der Waals surface area contributed by atoms with Gasteiger partial charge in [-0.15, -0.1) is 10.2 Å². The van der Waals surface area contributed by atoms with Gasteiger partial charge < -0.3 is 24.6 Å². The normalized spacial score (nSPS) is 22.1. The Morgan fingerprint density at radius 2 is 1.83 bits per heavy atom. The smallest absolute Gasteiger partial charge is 0.256 e. The van der Waals surface area contributed by atoms with Crippen LogP contribution in [0.4, 0.5) is 11.6 Å². The van der Waals surface area contributed by atoms with E-state index in [-0.39, 0.29) is 31.0 Å². The number of aliphatic hydroxyl groups is 1. The predicted molar refractivity (Wildman–Crippen MR) is 176 cm³/mol. The molecule has 3 aromatic heterocycles. The van der Waals surface area contributed by atoms with Crippen molar-refractivity contribution in [3.63, 3.8) is 0 Å². The molecule has 0 spiro atoms. The van der Waals surface area contributed by atoms with Crippen LogP contribution in [0.2, 0.25) is 0 Å². The zero-order valence-corrected chi connectivity index (χ0v) is 27.6. The largest absolute Gasteiger partial charge is 0.487 e. The molecule has 1 aliphatic carbocycles. The summed E-state index contributed by atoms with van der Waals surface area (Å²) >= 11 is 0. The average Bonchev–Trinajstić information content (AvgIpc) is 3.75. The highest BCUT2D eigenvalue weighted by molar-refractivity contribution is 5.67. The fourth-order valence-electron chi connectivity index (χ4n) is 6.53. The number of benzene rings is 1. The van der Waals surface area contributed by atoms with Crippen molar-refractivity contribution in [2.75, 3.05) is 31.6 Å². The Hall–Kier alpha value is -4.65. The first-order chi connectivity index (χ1) is 23.4. The number of nitrogens with zero attached hydrogens (tertiary/aromatic N) is 10. The van der Waals surface area contributed by atoms with Crippen molar-refractivity contribution in [1.29, 1.82) is 5.26 Å². The summed E-state index contributed by atoms with van der Waals surface area (Å²) in [4.78, 5) is 11.7. The Labute approximate surface area is 279 Å². The van der Waals surface area contributed by atoms with Crippen LogP contribution in [-0.4, -0.2) is 101 Å². The number of hydrogen-bond donors (Lipinski definition) is 2. The summed E-state index contributed by atoms with van der Waals surface area (Å²) in [6.45, 7) is 8.99. The minimum absolute atomic E-state index is 0.0388. The molecule has 1 aromatic carbocycles. The van der Waals surface area contributed by atoms with Gasteiger partial charge in [0.1, 0.15) is 29.9 Å². The van der Waals surface area contributed by atoms with Crippen LogP contribution in [-0.2, 0) is 11.3 Å². The molecule has 4 heterocycles. The zero-order chi connectivity index (χ0) is 33.5. The maximum atomic E-state index is 9.65. The van der Waals surface area contributed by atoms with Gasteiger partial charge in [0.2, 0.25) is 5.95 Å². The second kappa shape index (κ2) is 15.5. The van der Waals surface area contributed by atoms with Crippen LogP contribution in [0.1, 0.15) is 64.5 Å². The molecule has 15 heteroatoms. The lowest BCUT2D eigenvalue weighted by atomic mass is 9.89. The quantitative estimate of drug-likeness (QED) is 0.199. The van der Waals surface area contributed by atoms with E-state index in [1.807, 2.05) is 29.9 Å². The number of nitriles is 1. The van der Waals surface area contributed by atoms with E-state index in [0.29, 0.717) is 54.4 Å². The van der Waals surface area contributed by atoms with E-state index in [0.717, 1.165) is 49.9 Å². The lowest BCUT2D eigenvalue weighted by molar-refractivity contribution is -0.0852. The molecule has 2 N–H and O–H groups in total. The van der Waals surface area contributed by atoms with Gasteiger partial charge in [0.15, 0.2) is 0 Å². The van der Waals surface area contributed by atoms with Crippen molar-refractivity contribution < 1.29 is 19.3 Å². The molecule has 15 nitrogen and oxygen atoms in total. The Kier molecular flexibility index (Phi) is 10.7. The van der Waals surface area contributed by atoms with Crippen LogP contribution in [0.3, 0.4) is 0 Å². The number of morpholine rings is 1. The van der Waals surface area contributed by atoms with E-state index < -0.39 is 0 Å². The van der Waals surface area contributed by atoms with Crippen LogP contribution in [0.15, 0.2) is 43.1 Å². The number of ether oxygens (including phenoxy) is 3. The molecular formula is C33H43N11O4. The molecule has 0 amide bonds. The van der Waals surface area contributed by atoms with Gasteiger partial charge in [-0.25, -0.2) is 14.6 Å². The molecule has 0 radical (unpaired) electrons. The molecule has 2 aliphatic rings. The van der Waals surface area contributed by atoms with Crippen molar-refractivity contribution in [3.8, 4) is 28.8 Å². The molecule has 2 fully saturated rings. The second-order valence-electron chi connectivity index (χ2n) is 12.6. The maximum absolute atomic E-state index is 9.65. The Bertz CT molecular complexity index is 1640. The summed E-state index contributed by atoms with van der Waals surface area (Å²) in [5.74, 6) is 1.31. The molecule has 1 saturated heterocycles. The lowest BCUT2D eigenvalue weighted by Crippen LogP contribution is -2.51. The molecule has 4 aromatic rings. The Morgan fingerprint density at radius 1 is 1.08 bits per heavy atom. The number of nitrogens with one attached hydrogen (secondary N) is 1. The number of rotatable bonds is 13. The van der Waals surface area contributed by atoms with Crippen molar-refractivity contribution in [2.24, 2.45) is 0 Å². The highest BCUT2D eigenvalue weighted by atomic mass is 16.5. The van der Waals surface area contributed by atoms with Gasteiger partial charge in [0, 0.05) is 50.1 Å². The first-order valence-corrected chi connectivity index (χ1v) is 16.6. The van der Waals surface area contributed by atoms with E-state index in [2.05, 4.69) is 55.6 Å². The molecule has 254 valence electrons. The fourth-order valence-corrected chi connectivity index (χ4v) is 6.53. The molecule has 1 saturated carbocycles. The molecule has 0 unspecified atom stereocenters. The van der Waals surface area contributed by atoms with E-state index in [4.69, 9.17) is 19.3 Å². The second-order valence-corrected chi connectivity index (χ2v) is 12.6.